The molecule has 5 nitrogen and oxygen atoms in total. The summed E-state index contributed by atoms with van der Waals surface area (Å²) in [4.78, 5) is 0. The van der Waals surface area contributed by atoms with Crippen LogP contribution in [0, 0.1) is 6.92 Å². The molecule has 0 aliphatic carbocycles. The molecule has 1 atom stereocenters. The van der Waals surface area contributed by atoms with Crippen LogP contribution < -0.4 is 11.3 Å². The van der Waals surface area contributed by atoms with Crippen LogP contribution in [0.5, 0.6) is 0 Å². The molecular formula is C14H18BrClN4O. The normalized spacial score (nSPS) is 12.6. The van der Waals surface area contributed by atoms with Gasteiger partial charge in [0.25, 0.3) is 0 Å². The number of nitrogens with one attached hydrogen (secondary N) is 1. The van der Waals surface area contributed by atoms with Crippen molar-refractivity contribution in [2.75, 3.05) is 13.7 Å². The smallest absolute Gasteiger partial charge is 0.0889 e. The fraction of sp³-hybridized carbons (Fsp3) is 0.357. The monoisotopic (exact) mass is 372 g/mol. The highest BCUT2D eigenvalue weighted by molar-refractivity contribution is 9.10. The summed E-state index contributed by atoms with van der Waals surface area (Å²) in [5.41, 5.74) is 5.84. The van der Waals surface area contributed by atoms with Gasteiger partial charge in [-0.2, -0.15) is 5.10 Å². The maximum absolute atomic E-state index is 6.09. The van der Waals surface area contributed by atoms with Crippen molar-refractivity contribution in [2.45, 2.75) is 19.5 Å². The molecule has 21 heavy (non-hydrogen) atoms. The SMILES string of the molecule is COCCn1ncc(Br)c1C(NN)c1ccc(Cl)c(C)c1. The Morgan fingerprint density at radius 3 is 2.90 bits per heavy atom. The molecule has 1 aromatic heterocycles. The van der Waals surface area contributed by atoms with Crippen molar-refractivity contribution in [1.82, 2.24) is 15.2 Å². The molecule has 0 spiro atoms. The Balaban J connectivity index is 2.40. The lowest BCUT2D eigenvalue weighted by molar-refractivity contribution is 0.182. The van der Waals surface area contributed by atoms with Crippen LogP contribution in [-0.4, -0.2) is 23.5 Å². The van der Waals surface area contributed by atoms with E-state index in [-0.39, 0.29) is 6.04 Å². The lowest BCUT2D eigenvalue weighted by Gasteiger charge is -2.19. The third-order valence-electron chi connectivity index (χ3n) is 3.30. The summed E-state index contributed by atoms with van der Waals surface area (Å²) in [6.07, 6.45) is 1.76. The van der Waals surface area contributed by atoms with Crippen LogP contribution in [-0.2, 0) is 11.3 Å². The number of halogens is 2. The van der Waals surface area contributed by atoms with Crippen molar-refractivity contribution < 1.29 is 4.74 Å². The van der Waals surface area contributed by atoms with Gasteiger partial charge in [-0.25, -0.2) is 5.43 Å². The Kier molecular flexibility index (Phi) is 5.78. The van der Waals surface area contributed by atoms with E-state index in [1.165, 1.54) is 0 Å². The lowest BCUT2D eigenvalue weighted by Crippen LogP contribution is -2.31. The van der Waals surface area contributed by atoms with Gasteiger partial charge < -0.3 is 4.74 Å². The van der Waals surface area contributed by atoms with Gasteiger partial charge in [0.1, 0.15) is 0 Å². The summed E-state index contributed by atoms with van der Waals surface area (Å²) in [6, 6.07) is 5.67. The van der Waals surface area contributed by atoms with Gasteiger partial charge in [0, 0.05) is 12.1 Å². The Labute approximate surface area is 137 Å². The molecule has 1 unspecified atom stereocenters. The topological polar surface area (TPSA) is 65.1 Å². The van der Waals surface area contributed by atoms with Crippen LogP contribution in [0.25, 0.3) is 0 Å². The Bertz CT molecular complexity index is 617. The maximum Gasteiger partial charge on any atom is 0.0889 e. The second-order valence-electron chi connectivity index (χ2n) is 4.70. The molecule has 0 aliphatic heterocycles. The van der Waals surface area contributed by atoms with Crippen molar-refractivity contribution in [2.24, 2.45) is 5.84 Å². The fourth-order valence-electron chi connectivity index (χ4n) is 2.20. The standard InChI is InChI=1S/C14H18BrClN4O/c1-9-7-10(3-4-12(9)16)13(19-17)14-11(15)8-18-20(14)5-6-21-2/h3-4,7-8,13,19H,5-6,17H2,1-2H3. The Morgan fingerprint density at radius 2 is 2.29 bits per heavy atom. The van der Waals surface area contributed by atoms with Gasteiger partial charge in [-0.1, -0.05) is 23.7 Å². The van der Waals surface area contributed by atoms with E-state index in [1.807, 2.05) is 29.8 Å². The highest BCUT2D eigenvalue weighted by Gasteiger charge is 2.21. The fourth-order valence-corrected chi connectivity index (χ4v) is 2.84. The van der Waals surface area contributed by atoms with Crippen molar-refractivity contribution in [3.05, 3.63) is 50.7 Å². The number of hydrogen-bond donors (Lipinski definition) is 2. The Morgan fingerprint density at radius 1 is 1.52 bits per heavy atom. The van der Waals surface area contributed by atoms with Gasteiger partial charge in [-0.3, -0.25) is 10.5 Å². The van der Waals surface area contributed by atoms with Crippen molar-refractivity contribution in [1.29, 1.82) is 0 Å². The summed E-state index contributed by atoms with van der Waals surface area (Å²) in [6.45, 7) is 3.21. The molecule has 0 aliphatic rings. The molecule has 3 N–H and O–H groups in total. The minimum Gasteiger partial charge on any atom is -0.383 e. The van der Waals surface area contributed by atoms with E-state index in [1.54, 1.807) is 13.3 Å². The third-order valence-corrected chi connectivity index (χ3v) is 4.33. The molecule has 1 aromatic carbocycles. The summed E-state index contributed by atoms with van der Waals surface area (Å²) >= 11 is 9.62. The number of aryl methyl sites for hydroxylation is 1. The van der Waals surface area contributed by atoms with Gasteiger partial charge in [-0.05, 0) is 40.0 Å². The number of rotatable bonds is 6. The zero-order valence-electron chi connectivity index (χ0n) is 11.9. The number of aromatic nitrogens is 2. The number of nitrogens with two attached hydrogens (primary N) is 1. The molecule has 0 fully saturated rings. The van der Waals surface area contributed by atoms with E-state index in [0.29, 0.717) is 13.2 Å². The quantitative estimate of drug-likeness (QED) is 0.604. The first-order valence-electron chi connectivity index (χ1n) is 6.50. The first-order chi connectivity index (χ1) is 10.1. The van der Waals surface area contributed by atoms with Gasteiger partial charge in [-0.15, -0.1) is 0 Å². The van der Waals surface area contributed by atoms with E-state index < -0.39 is 0 Å². The van der Waals surface area contributed by atoms with Crippen LogP contribution in [0.3, 0.4) is 0 Å². The summed E-state index contributed by atoms with van der Waals surface area (Å²) in [5, 5.41) is 5.09. The number of methoxy groups -OCH3 is 1. The molecule has 7 heteroatoms. The number of nitrogens with zero attached hydrogens (tertiary/aromatic N) is 2. The van der Waals surface area contributed by atoms with E-state index >= 15 is 0 Å². The minimum atomic E-state index is -0.185. The number of ether oxygens (including phenoxy) is 1. The lowest BCUT2D eigenvalue weighted by atomic mass is 10.0. The highest BCUT2D eigenvalue weighted by atomic mass is 79.9. The van der Waals surface area contributed by atoms with Crippen LogP contribution in [0.4, 0.5) is 0 Å². The second kappa shape index (κ2) is 7.38. The van der Waals surface area contributed by atoms with Crippen molar-refractivity contribution in [3.8, 4) is 0 Å². The Hall–Kier alpha value is -0.920. The largest absolute Gasteiger partial charge is 0.383 e. The van der Waals surface area contributed by atoms with Crippen LogP contribution >= 0.6 is 27.5 Å². The van der Waals surface area contributed by atoms with Gasteiger partial charge in [0.2, 0.25) is 0 Å². The average Bonchev–Trinajstić information content (AvgIpc) is 2.83. The summed E-state index contributed by atoms with van der Waals surface area (Å²) in [7, 11) is 1.67. The zero-order valence-corrected chi connectivity index (χ0v) is 14.3. The molecule has 0 radical (unpaired) electrons. The molecule has 114 valence electrons. The molecule has 2 aromatic rings. The molecule has 1 heterocycles. The molecule has 2 rings (SSSR count). The minimum absolute atomic E-state index is 0.185. The molecule has 0 amide bonds. The third kappa shape index (κ3) is 3.64. The van der Waals surface area contributed by atoms with Crippen molar-refractivity contribution in [3.63, 3.8) is 0 Å². The van der Waals surface area contributed by atoms with E-state index in [2.05, 4.69) is 26.5 Å². The second-order valence-corrected chi connectivity index (χ2v) is 5.96. The number of hydrazine groups is 1. The molecular weight excluding hydrogens is 356 g/mol. The average molecular weight is 374 g/mol. The van der Waals surface area contributed by atoms with Gasteiger partial charge in [0.15, 0.2) is 0 Å². The number of benzene rings is 1. The summed E-state index contributed by atoms with van der Waals surface area (Å²) in [5.74, 6) is 5.77. The highest BCUT2D eigenvalue weighted by Crippen LogP contribution is 2.30. The van der Waals surface area contributed by atoms with Gasteiger partial charge >= 0.3 is 0 Å². The summed E-state index contributed by atoms with van der Waals surface area (Å²) < 4.78 is 7.89. The van der Waals surface area contributed by atoms with Crippen molar-refractivity contribution >= 4 is 27.5 Å². The first kappa shape index (κ1) is 16.5. The maximum atomic E-state index is 6.09. The van der Waals surface area contributed by atoms with E-state index in [4.69, 9.17) is 22.2 Å². The molecule has 0 bridgehead atoms. The van der Waals surface area contributed by atoms with Gasteiger partial charge in [0.05, 0.1) is 35.6 Å². The van der Waals surface area contributed by atoms with Crippen LogP contribution in [0.15, 0.2) is 28.9 Å². The zero-order chi connectivity index (χ0) is 15.4. The van der Waals surface area contributed by atoms with Crippen LogP contribution in [0.2, 0.25) is 5.02 Å². The van der Waals surface area contributed by atoms with E-state index in [0.717, 1.165) is 26.3 Å². The number of hydrogen-bond acceptors (Lipinski definition) is 4. The predicted molar refractivity (Wildman–Crippen MR) is 87.2 cm³/mol. The molecule has 0 saturated carbocycles. The molecule has 0 saturated heterocycles. The van der Waals surface area contributed by atoms with E-state index in [9.17, 15) is 0 Å². The predicted octanol–water partition coefficient (Wildman–Crippen LogP) is 2.81. The first-order valence-corrected chi connectivity index (χ1v) is 7.68. The van der Waals surface area contributed by atoms with Crippen LogP contribution in [0.1, 0.15) is 22.9 Å².